The second-order valence-corrected chi connectivity index (χ2v) is 15.1. The van der Waals surface area contributed by atoms with Gasteiger partial charge in [-0.05, 0) is 84.9 Å². The van der Waals surface area contributed by atoms with Gasteiger partial charge in [-0.2, -0.15) is 0 Å². The van der Waals surface area contributed by atoms with Crippen LogP contribution in [0.1, 0.15) is 99.8 Å². The Kier molecular flexibility index (Phi) is 6.77. The van der Waals surface area contributed by atoms with Gasteiger partial charge < -0.3 is 14.6 Å². The Morgan fingerprint density at radius 1 is 1.03 bits per heavy atom. The van der Waals surface area contributed by atoms with E-state index in [-0.39, 0.29) is 75.8 Å². The number of carbonyl (C=O) groups is 3. The van der Waals surface area contributed by atoms with Crippen molar-refractivity contribution in [2.75, 3.05) is 13.7 Å². The Morgan fingerprint density at radius 2 is 1.72 bits per heavy atom. The molecule has 4 fully saturated rings. The van der Waals surface area contributed by atoms with E-state index >= 15 is 0 Å². The first-order valence-corrected chi connectivity index (χ1v) is 15.2. The van der Waals surface area contributed by atoms with E-state index in [9.17, 15) is 19.5 Å². The van der Waals surface area contributed by atoms with Gasteiger partial charge in [0.05, 0.1) is 25.0 Å². The van der Waals surface area contributed by atoms with E-state index in [0.717, 1.165) is 38.5 Å². The quantitative estimate of drug-likeness (QED) is 0.353. The van der Waals surface area contributed by atoms with Crippen LogP contribution in [0.25, 0.3) is 0 Å². The second kappa shape index (κ2) is 9.16. The van der Waals surface area contributed by atoms with Crippen molar-refractivity contribution in [1.29, 1.82) is 0 Å². The molecule has 11 atom stereocenters. The maximum Gasteiger partial charge on any atom is 0.309 e. The number of aliphatic hydroxyl groups is 1. The zero-order valence-electron chi connectivity index (χ0n) is 25.4. The van der Waals surface area contributed by atoms with Crippen molar-refractivity contribution < 1.29 is 29.0 Å². The third-order valence-electron chi connectivity index (χ3n) is 13.8. The maximum absolute atomic E-state index is 13.1. The molecular formula is C33H50O6. The highest BCUT2D eigenvalue weighted by Crippen LogP contribution is 2.75. The van der Waals surface area contributed by atoms with Crippen LogP contribution in [-0.4, -0.2) is 42.6 Å². The van der Waals surface area contributed by atoms with Gasteiger partial charge in [-0.15, -0.1) is 0 Å². The number of Topliss-reactive ketones (excluding diaryl/α,β-unsaturated/α-hetero) is 1. The van der Waals surface area contributed by atoms with Crippen LogP contribution in [0.4, 0.5) is 0 Å². The number of methoxy groups -OCH3 is 1. The van der Waals surface area contributed by atoms with Crippen molar-refractivity contribution in [3.63, 3.8) is 0 Å². The molecule has 218 valence electrons. The predicted molar refractivity (Wildman–Crippen MR) is 148 cm³/mol. The lowest BCUT2D eigenvalue weighted by atomic mass is 9.33. The summed E-state index contributed by atoms with van der Waals surface area (Å²) in [6.45, 7) is 15.2. The van der Waals surface area contributed by atoms with E-state index in [1.165, 1.54) is 19.6 Å². The summed E-state index contributed by atoms with van der Waals surface area (Å²) < 4.78 is 11.2. The first-order chi connectivity index (χ1) is 18.1. The lowest BCUT2D eigenvalue weighted by Gasteiger charge is -2.71. The standard InChI is InChI=1S/C33H50O6/c1-19-21(28(37)38-8)17-26(39-20(2)35)30(4)15-16-32(6)22(27(19)30)9-10-24-29(3)13-12-25(36)31(5,18-34)23(29)11-14-33(24,32)7/h9,19,21,23-24,26-27,34H,10-18H2,1-8H3/t19-,21+,23+,24+,26-,27-,29-,30-,31-,32+,33+/m0/s1. The molecule has 0 aromatic rings. The highest BCUT2D eigenvalue weighted by molar-refractivity contribution is 5.86. The maximum atomic E-state index is 13.1. The molecule has 0 radical (unpaired) electrons. The van der Waals surface area contributed by atoms with E-state index in [1.807, 2.05) is 6.92 Å². The Morgan fingerprint density at radius 3 is 2.33 bits per heavy atom. The van der Waals surface area contributed by atoms with Gasteiger partial charge in [0.2, 0.25) is 0 Å². The number of esters is 2. The number of rotatable bonds is 3. The van der Waals surface area contributed by atoms with Gasteiger partial charge >= 0.3 is 11.9 Å². The van der Waals surface area contributed by atoms with E-state index < -0.39 is 5.41 Å². The summed E-state index contributed by atoms with van der Waals surface area (Å²) in [5.74, 6) is 0.222. The third kappa shape index (κ3) is 3.64. The number of ketones is 1. The smallest absolute Gasteiger partial charge is 0.309 e. The van der Waals surface area contributed by atoms with Crippen LogP contribution in [0.15, 0.2) is 11.6 Å². The molecule has 0 heterocycles. The summed E-state index contributed by atoms with van der Waals surface area (Å²) in [7, 11) is 1.45. The van der Waals surface area contributed by atoms with Gasteiger partial charge in [-0.25, -0.2) is 0 Å². The van der Waals surface area contributed by atoms with Gasteiger partial charge in [0.15, 0.2) is 0 Å². The SMILES string of the molecule is COC(=O)[C@@H]1C[C@H](OC(C)=O)[C@]2(C)CC[C@]3(C)C(=CC[C@@H]4[C@@]5(C)CCC(=O)[C@@](C)(CO)[C@@H]5CC[C@]43C)[C@@H]2[C@H]1C. The molecule has 0 unspecified atom stereocenters. The minimum atomic E-state index is -0.659. The summed E-state index contributed by atoms with van der Waals surface area (Å²) in [6.07, 6.45) is 9.01. The number of ether oxygens (including phenoxy) is 2. The van der Waals surface area contributed by atoms with Gasteiger partial charge in [0, 0.05) is 18.8 Å². The molecular weight excluding hydrogens is 492 g/mol. The molecule has 5 aliphatic rings. The highest BCUT2D eigenvalue weighted by atomic mass is 16.5. The summed E-state index contributed by atoms with van der Waals surface area (Å²) in [6, 6.07) is 0. The van der Waals surface area contributed by atoms with Crippen molar-refractivity contribution >= 4 is 17.7 Å². The lowest BCUT2D eigenvalue weighted by Crippen LogP contribution is -2.66. The molecule has 5 aliphatic carbocycles. The molecule has 6 nitrogen and oxygen atoms in total. The van der Waals surface area contributed by atoms with Crippen LogP contribution in [-0.2, 0) is 23.9 Å². The zero-order chi connectivity index (χ0) is 28.8. The topological polar surface area (TPSA) is 89.9 Å². The van der Waals surface area contributed by atoms with E-state index in [0.29, 0.717) is 18.8 Å². The van der Waals surface area contributed by atoms with Crippen LogP contribution in [0, 0.1) is 56.7 Å². The average Bonchev–Trinajstić information content (AvgIpc) is 2.88. The highest BCUT2D eigenvalue weighted by Gasteiger charge is 2.70. The zero-order valence-corrected chi connectivity index (χ0v) is 25.4. The van der Waals surface area contributed by atoms with Gasteiger partial charge in [-0.1, -0.05) is 53.2 Å². The summed E-state index contributed by atoms with van der Waals surface area (Å²) in [5, 5.41) is 10.4. The van der Waals surface area contributed by atoms with E-state index in [4.69, 9.17) is 9.47 Å². The Balaban J connectivity index is 1.60. The van der Waals surface area contributed by atoms with E-state index in [1.54, 1.807) is 0 Å². The largest absolute Gasteiger partial charge is 0.469 e. The number of hydrogen-bond acceptors (Lipinski definition) is 6. The van der Waals surface area contributed by atoms with Crippen LogP contribution in [0.5, 0.6) is 0 Å². The second-order valence-electron chi connectivity index (χ2n) is 15.1. The van der Waals surface area contributed by atoms with Crippen molar-refractivity contribution in [3.05, 3.63) is 11.6 Å². The van der Waals surface area contributed by atoms with Gasteiger partial charge in [0.1, 0.15) is 11.9 Å². The summed E-state index contributed by atoms with van der Waals surface area (Å²) >= 11 is 0. The fourth-order valence-electron chi connectivity index (χ4n) is 11.3. The number of aliphatic hydroxyl groups excluding tert-OH is 1. The summed E-state index contributed by atoms with van der Waals surface area (Å²) in [4.78, 5) is 38.3. The lowest BCUT2D eigenvalue weighted by molar-refractivity contribution is -0.204. The van der Waals surface area contributed by atoms with Crippen molar-refractivity contribution in [3.8, 4) is 0 Å². The Hall–Kier alpha value is -1.69. The summed E-state index contributed by atoms with van der Waals surface area (Å²) in [5.41, 5.74) is 0.516. The van der Waals surface area contributed by atoms with Crippen molar-refractivity contribution in [2.24, 2.45) is 56.7 Å². The molecule has 0 aliphatic heterocycles. The van der Waals surface area contributed by atoms with Crippen LogP contribution < -0.4 is 0 Å². The number of hydrogen-bond donors (Lipinski definition) is 1. The van der Waals surface area contributed by atoms with Crippen LogP contribution in [0.3, 0.4) is 0 Å². The molecule has 0 spiro atoms. The fraction of sp³-hybridized carbons (Fsp3) is 0.848. The number of allylic oxidation sites excluding steroid dienone is 2. The molecule has 0 amide bonds. The molecule has 5 rings (SSSR count). The third-order valence-corrected chi connectivity index (χ3v) is 13.8. The molecule has 39 heavy (non-hydrogen) atoms. The molecule has 4 saturated carbocycles. The molecule has 0 bridgehead atoms. The molecule has 1 N–H and O–H groups in total. The van der Waals surface area contributed by atoms with Crippen molar-refractivity contribution in [1.82, 2.24) is 0 Å². The molecule has 0 aromatic carbocycles. The minimum Gasteiger partial charge on any atom is -0.469 e. The van der Waals surface area contributed by atoms with Crippen LogP contribution >= 0.6 is 0 Å². The van der Waals surface area contributed by atoms with Crippen LogP contribution in [0.2, 0.25) is 0 Å². The Labute approximate surface area is 234 Å². The number of fused-ring (bicyclic) bond motifs is 7. The fourth-order valence-corrected chi connectivity index (χ4v) is 11.3. The first kappa shape index (κ1) is 28.8. The van der Waals surface area contributed by atoms with Crippen molar-refractivity contribution in [2.45, 2.75) is 106 Å². The molecule has 6 heteroatoms. The van der Waals surface area contributed by atoms with Gasteiger partial charge in [-0.3, -0.25) is 14.4 Å². The van der Waals surface area contributed by atoms with Gasteiger partial charge in [0.25, 0.3) is 0 Å². The van der Waals surface area contributed by atoms with E-state index in [2.05, 4.69) is 40.7 Å². The molecule has 0 aromatic heterocycles. The monoisotopic (exact) mass is 542 g/mol. The Bertz CT molecular complexity index is 1100. The number of carbonyl (C=O) groups excluding carboxylic acids is 3. The average molecular weight is 543 g/mol. The predicted octanol–water partition coefficient (Wildman–Crippen LogP) is 5.90. The normalized spacial score (nSPS) is 50.9. The first-order valence-electron chi connectivity index (χ1n) is 15.2. The minimum absolute atomic E-state index is 0.0167. The molecule has 0 saturated heterocycles.